The van der Waals surface area contributed by atoms with Crippen LogP contribution in [0.3, 0.4) is 0 Å². The molecule has 4 heteroatoms. The highest BCUT2D eigenvalue weighted by Crippen LogP contribution is 2.51. The molecule has 4 nitrogen and oxygen atoms in total. The predicted octanol–water partition coefficient (Wildman–Crippen LogP) is 2.09. The normalized spacial score (nSPS) is 21.0. The van der Waals surface area contributed by atoms with Crippen molar-refractivity contribution in [2.75, 3.05) is 6.54 Å². The molecule has 0 heterocycles. The summed E-state index contributed by atoms with van der Waals surface area (Å²) >= 11 is 0. The van der Waals surface area contributed by atoms with Crippen LogP contribution in [0.4, 0.5) is 0 Å². The number of carbonyl (C=O) groups is 2. The molecule has 2 rings (SSSR count). The second-order valence-corrected chi connectivity index (χ2v) is 6.22. The minimum absolute atomic E-state index is 0.0192. The number of carboxylic acid groups (broad SMARTS) is 1. The van der Waals surface area contributed by atoms with Gasteiger partial charge in [0.1, 0.15) is 0 Å². The Labute approximate surface area is 119 Å². The van der Waals surface area contributed by atoms with Crippen molar-refractivity contribution in [1.29, 1.82) is 0 Å². The predicted molar refractivity (Wildman–Crippen MR) is 76.2 cm³/mol. The topological polar surface area (TPSA) is 66.4 Å². The van der Waals surface area contributed by atoms with Crippen LogP contribution in [0.15, 0.2) is 30.3 Å². The van der Waals surface area contributed by atoms with Gasteiger partial charge in [0.2, 0.25) is 5.91 Å². The molecule has 2 N–H and O–H groups in total. The molecule has 2 unspecified atom stereocenters. The lowest BCUT2D eigenvalue weighted by molar-refractivity contribution is -0.141. The van der Waals surface area contributed by atoms with Gasteiger partial charge in [-0.3, -0.25) is 9.59 Å². The Morgan fingerprint density at radius 2 is 1.95 bits per heavy atom. The zero-order valence-electron chi connectivity index (χ0n) is 11.9. The first-order chi connectivity index (χ1) is 9.40. The van der Waals surface area contributed by atoms with E-state index in [0.29, 0.717) is 6.42 Å². The van der Waals surface area contributed by atoms with Gasteiger partial charge in [0.15, 0.2) is 0 Å². The van der Waals surface area contributed by atoms with Gasteiger partial charge in [0.25, 0.3) is 0 Å². The number of hydrogen-bond acceptors (Lipinski definition) is 2. The zero-order chi connectivity index (χ0) is 14.8. The van der Waals surface area contributed by atoms with Crippen molar-refractivity contribution < 1.29 is 14.7 Å². The van der Waals surface area contributed by atoms with Gasteiger partial charge in [-0.2, -0.15) is 0 Å². The fourth-order valence-corrected chi connectivity index (χ4v) is 2.41. The van der Waals surface area contributed by atoms with Gasteiger partial charge in [-0.1, -0.05) is 44.2 Å². The first-order valence-electron chi connectivity index (χ1n) is 6.94. The monoisotopic (exact) mass is 275 g/mol. The van der Waals surface area contributed by atoms with Crippen molar-refractivity contribution in [3.63, 3.8) is 0 Å². The molecule has 0 aliphatic heterocycles. The van der Waals surface area contributed by atoms with Crippen LogP contribution >= 0.6 is 0 Å². The molecular weight excluding hydrogens is 254 g/mol. The van der Waals surface area contributed by atoms with Crippen molar-refractivity contribution in [2.24, 2.45) is 17.3 Å². The number of hydrogen-bond donors (Lipinski definition) is 2. The number of rotatable bonds is 6. The van der Waals surface area contributed by atoms with Gasteiger partial charge in [-0.05, 0) is 23.8 Å². The van der Waals surface area contributed by atoms with Gasteiger partial charge in [-0.25, -0.2) is 0 Å². The molecule has 0 aromatic heterocycles. The van der Waals surface area contributed by atoms with Crippen LogP contribution in [-0.4, -0.2) is 23.5 Å². The van der Waals surface area contributed by atoms with Crippen molar-refractivity contribution in [1.82, 2.24) is 5.32 Å². The average Bonchev–Trinajstić information content (AvgIpc) is 3.04. The molecule has 1 amide bonds. The minimum Gasteiger partial charge on any atom is -0.481 e. The molecule has 0 spiro atoms. The van der Waals surface area contributed by atoms with E-state index in [1.165, 1.54) is 0 Å². The fourth-order valence-electron chi connectivity index (χ4n) is 2.41. The van der Waals surface area contributed by atoms with E-state index in [9.17, 15) is 14.7 Å². The van der Waals surface area contributed by atoms with E-state index in [1.807, 2.05) is 30.3 Å². The van der Waals surface area contributed by atoms with Crippen LogP contribution in [0, 0.1) is 17.3 Å². The summed E-state index contributed by atoms with van der Waals surface area (Å²) in [6.45, 7) is 4.29. The molecule has 1 saturated carbocycles. The molecule has 0 saturated heterocycles. The van der Waals surface area contributed by atoms with Crippen LogP contribution in [-0.2, 0) is 16.0 Å². The number of carboxylic acids is 1. The highest BCUT2D eigenvalue weighted by molar-refractivity contribution is 5.83. The zero-order valence-corrected chi connectivity index (χ0v) is 11.9. The third-order valence-electron chi connectivity index (χ3n) is 4.03. The number of nitrogens with one attached hydrogen (secondary N) is 1. The van der Waals surface area contributed by atoms with Crippen molar-refractivity contribution >= 4 is 11.9 Å². The number of amides is 1. The summed E-state index contributed by atoms with van der Waals surface area (Å²) in [5.74, 6) is -1.43. The quantitative estimate of drug-likeness (QED) is 0.835. The third kappa shape index (κ3) is 3.59. The maximum atomic E-state index is 11.9. The lowest BCUT2D eigenvalue weighted by Crippen LogP contribution is -2.35. The lowest BCUT2D eigenvalue weighted by atomic mass is 9.99. The largest absolute Gasteiger partial charge is 0.481 e. The van der Waals surface area contributed by atoms with E-state index in [-0.39, 0.29) is 23.8 Å². The smallest absolute Gasteiger partial charge is 0.308 e. The van der Waals surface area contributed by atoms with Crippen LogP contribution in [0.25, 0.3) is 0 Å². The summed E-state index contributed by atoms with van der Waals surface area (Å²) < 4.78 is 0. The molecule has 2 atom stereocenters. The van der Waals surface area contributed by atoms with E-state index in [4.69, 9.17) is 0 Å². The number of benzene rings is 1. The van der Waals surface area contributed by atoms with Crippen LogP contribution < -0.4 is 5.32 Å². The number of aliphatic carboxylic acids is 1. The molecule has 1 aliphatic carbocycles. The molecule has 0 bridgehead atoms. The van der Waals surface area contributed by atoms with Gasteiger partial charge in [0.05, 0.1) is 5.92 Å². The summed E-state index contributed by atoms with van der Waals surface area (Å²) in [5.41, 5.74) is 1.04. The Hall–Kier alpha value is -1.84. The standard InChI is InChI=1S/C16H21NO3/c1-16(2)9-13(16)14(18)17-10-12(15(19)20)8-11-6-4-3-5-7-11/h3-7,12-13H,8-10H2,1-2H3,(H,17,18)(H,19,20). The SMILES string of the molecule is CC1(C)CC1C(=O)NCC(Cc1ccccc1)C(=O)O. The summed E-state index contributed by atoms with van der Waals surface area (Å²) in [4.78, 5) is 23.2. The van der Waals surface area contributed by atoms with Gasteiger partial charge in [0, 0.05) is 12.5 Å². The van der Waals surface area contributed by atoms with E-state index in [1.54, 1.807) is 0 Å². The van der Waals surface area contributed by atoms with Crippen molar-refractivity contribution in [3.05, 3.63) is 35.9 Å². The van der Waals surface area contributed by atoms with Crippen LogP contribution in [0.5, 0.6) is 0 Å². The van der Waals surface area contributed by atoms with Crippen LogP contribution in [0.2, 0.25) is 0 Å². The highest BCUT2D eigenvalue weighted by atomic mass is 16.4. The number of carbonyl (C=O) groups excluding carboxylic acids is 1. The molecule has 1 aliphatic rings. The van der Waals surface area contributed by atoms with Gasteiger partial charge >= 0.3 is 5.97 Å². The Bertz CT molecular complexity index is 496. The van der Waals surface area contributed by atoms with Crippen LogP contribution in [0.1, 0.15) is 25.8 Å². The van der Waals surface area contributed by atoms with Crippen molar-refractivity contribution in [2.45, 2.75) is 26.7 Å². The first-order valence-corrected chi connectivity index (χ1v) is 6.94. The Morgan fingerprint density at radius 3 is 2.45 bits per heavy atom. The first kappa shape index (κ1) is 14.6. The summed E-state index contributed by atoms with van der Waals surface area (Å²) in [5, 5.41) is 12.0. The summed E-state index contributed by atoms with van der Waals surface area (Å²) in [6.07, 6.45) is 1.32. The van der Waals surface area contributed by atoms with E-state index >= 15 is 0 Å². The second kappa shape index (κ2) is 5.65. The summed E-state index contributed by atoms with van der Waals surface area (Å²) in [7, 11) is 0. The van der Waals surface area contributed by atoms with Gasteiger partial charge < -0.3 is 10.4 Å². The molecule has 108 valence electrons. The fraction of sp³-hybridized carbons (Fsp3) is 0.500. The maximum Gasteiger partial charge on any atom is 0.308 e. The summed E-state index contributed by atoms with van der Waals surface area (Å²) in [6, 6.07) is 9.48. The maximum absolute atomic E-state index is 11.9. The average molecular weight is 275 g/mol. The van der Waals surface area contributed by atoms with E-state index in [2.05, 4.69) is 19.2 Å². The Morgan fingerprint density at radius 1 is 1.35 bits per heavy atom. The molecule has 1 aromatic rings. The van der Waals surface area contributed by atoms with Gasteiger partial charge in [-0.15, -0.1) is 0 Å². The molecule has 1 aromatic carbocycles. The van der Waals surface area contributed by atoms with E-state index in [0.717, 1.165) is 12.0 Å². The highest BCUT2D eigenvalue weighted by Gasteiger charge is 2.50. The Kier molecular flexibility index (Phi) is 4.12. The molecular formula is C16H21NO3. The van der Waals surface area contributed by atoms with Crippen molar-refractivity contribution in [3.8, 4) is 0 Å². The molecule has 20 heavy (non-hydrogen) atoms. The minimum atomic E-state index is -0.871. The lowest BCUT2D eigenvalue weighted by Gasteiger charge is -2.14. The Balaban J connectivity index is 1.87. The van der Waals surface area contributed by atoms with E-state index < -0.39 is 11.9 Å². The molecule has 0 radical (unpaired) electrons. The third-order valence-corrected chi connectivity index (χ3v) is 4.03. The second-order valence-electron chi connectivity index (χ2n) is 6.22. The molecule has 1 fully saturated rings.